The Morgan fingerprint density at radius 3 is 2.26 bits per heavy atom. The van der Waals surface area contributed by atoms with Crippen LogP contribution in [0.2, 0.25) is 0 Å². The summed E-state index contributed by atoms with van der Waals surface area (Å²) in [4.78, 5) is 1.39. The molecule has 1 aliphatic rings. The van der Waals surface area contributed by atoms with Crippen molar-refractivity contribution in [2.75, 3.05) is 0 Å². The van der Waals surface area contributed by atoms with Crippen molar-refractivity contribution in [3.05, 3.63) is 66.7 Å². The fraction of sp³-hybridized carbons (Fsp3) is 0. The van der Waals surface area contributed by atoms with Crippen LogP contribution in [0.15, 0.2) is 76.5 Å². The zero-order valence-electron chi connectivity index (χ0n) is 12.0. The number of fused-ring (bicyclic) bond motifs is 3. The maximum atomic E-state index is 13.9. The number of hydrogen-bond acceptors (Lipinski definition) is 4. The van der Waals surface area contributed by atoms with E-state index in [1.807, 2.05) is 54.6 Å². The zero-order chi connectivity index (χ0) is 16.0. The van der Waals surface area contributed by atoms with Gasteiger partial charge < -0.3 is 4.52 Å². The van der Waals surface area contributed by atoms with Crippen LogP contribution in [0.25, 0.3) is 11.1 Å². The van der Waals surface area contributed by atoms with Crippen LogP contribution in [0.1, 0.15) is 0 Å². The third-order valence-corrected chi connectivity index (χ3v) is 7.23. The first kappa shape index (κ1) is 14.9. The number of hydrogen-bond donors (Lipinski definition) is 2. The molecular formula is C18H13O2PS2. The van der Waals surface area contributed by atoms with E-state index in [1.165, 1.54) is 0 Å². The van der Waals surface area contributed by atoms with E-state index in [-0.39, 0.29) is 0 Å². The Morgan fingerprint density at radius 1 is 0.783 bits per heavy atom. The van der Waals surface area contributed by atoms with Gasteiger partial charge >= 0.3 is 7.37 Å². The molecule has 3 aromatic carbocycles. The Kier molecular flexibility index (Phi) is 3.56. The summed E-state index contributed by atoms with van der Waals surface area (Å²) in [5, 5.41) is 1.31. The summed E-state index contributed by atoms with van der Waals surface area (Å²) in [5.74, 6) is 0.636. The molecule has 1 atom stereocenters. The Morgan fingerprint density at radius 2 is 1.48 bits per heavy atom. The molecule has 0 saturated heterocycles. The summed E-state index contributed by atoms with van der Waals surface area (Å²) >= 11 is 8.81. The fourth-order valence-corrected chi connectivity index (χ4v) is 6.09. The molecule has 0 amide bonds. The number of thiol groups is 2. The topological polar surface area (TPSA) is 26.3 Å². The molecule has 0 aromatic heterocycles. The third kappa shape index (κ3) is 2.33. The SMILES string of the molecule is O=P1(c2ccc(S)cc2S)Oc2ccccc2-c2ccccc21. The summed E-state index contributed by atoms with van der Waals surface area (Å²) in [6.07, 6.45) is 0. The second kappa shape index (κ2) is 5.48. The molecule has 0 aliphatic carbocycles. The highest BCUT2D eigenvalue weighted by atomic mass is 32.1. The van der Waals surface area contributed by atoms with Crippen molar-refractivity contribution in [3.8, 4) is 16.9 Å². The van der Waals surface area contributed by atoms with Gasteiger partial charge in [0.1, 0.15) is 5.75 Å². The van der Waals surface area contributed by atoms with Gasteiger partial charge in [0.15, 0.2) is 0 Å². The standard InChI is InChI=1S/C18H13O2PS2/c19-21(17-10-9-12(22)11-18(17)23)16-8-4-2-6-14(16)13-5-1-3-7-15(13)20-21/h1-11,22-23H. The Balaban J connectivity index is 2.03. The molecule has 0 radical (unpaired) electrons. The number of rotatable bonds is 1. The maximum Gasteiger partial charge on any atom is 0.308 e. The zero-order valence-corrected chi connectivity index (χ0v) is 14.7. The smallest absolute Gasteiger partial charge is 0.308 e. The van der Waals surface area contributed by atoms with Crippen LogP contribution in [0, 0.1) is 0 Å². The van der Waals surface area contributed by atoms with E-state index in [9.17, 15) is 4.57 Å². The van der Waals surface area contributed by atoms with E-state index < -0.39 is 7.37 Å². The van der Waals surface area contributed by atoms with Crippen molar-refractivity contribution in [1.82, 2.24) is 0 Å². The van der Waals surface area contributed by atoms with Crippen LogP contribution in [0.5, 0.6) is 5.75 Å². The van der Waals surface area contributed by atoms with Crippen molar-refractivity contribution in [1.29, 1.82) is 0 Å². The Bertz CT molecular complexity index is 969. The predicted octanol–water partition coefficient (Wildman–Crippen LogP) is 4.55. The lowest BCUT2D eigenvalue weighted by Crippen LogP contribution is -2.26. The lowest BCUT2D eigenvalue weighted by molar-refractivity contribution is 0.501. The van der Waals surface area contributed by atoms with Crippen molar-refractivity contribution < 1.29 is 9.09 Å². The van der Waals surface area contributed by atoms with Crippen molar-refractivity contribution in [2.24, 2.45) is 0 Å². The fourth-order valence-electron chi connectivity index (χ4n) is 2.85. The molecule has 2 nitrogen and oxygen atoms in total. The van der Waals surface area contributed by atoms with Crippen LogP contribution in [-0.4, -0.2) is 0 Å². The molecular weight excluding hydrogens is 343 g/mol. The molecule has 0 bridgehead atoms. The second-order valence-corrected chi connectivity index (χ2v) is 8.58. The van der Waals surface area contributed by atoms with E-state index in [0.717, 1.165) is 16.0 Å². The van der Waals surface area contributed by atoms with Gasteiger partial charge in [-0.1, -0.05) is 36.4 Å². The first-order chi connectivity index (χ1) is 11.1. The summed E-state index contributed by atoms with van der Waals surface area (Å²) < 4.78 is 19.9. The first-order valence-corrected chi connectivity index (χ1v) is 9.63. The molecule has 114 valence electrons. The summed E-state index contributed by atoms with van der Waals surface area (Å²) in [7, 11) is -3.26. The normalized spacial score (nSPS) is 18.7. The van der Waals surface area contributed by atoms with Gasteiger partial charge in [0.25, 0.3) is 0 Å². The highest BCUT2D eigenvalue weighted by Gasteiger charge is 2.38. The van der Waals surface area contributed by atoms with Gasteiger partial charge in [-0.05, 0) is 35.9 Å². The van der Waals surface area contributed by atoms with Crippen molar-refractivity contribution in [2.45, 2.75) is 9.79 Å². The summed E-state index contributed by atoms with van der Waals surface area (Å²) in [6, 6.07) is 20.7. The monoisotopic (exact) mass is 356 g/mol. The van der Waals surface area contributed by atoms with Gasteiger partial charge in [0.2, 0.25) is 0 Å². The van der Waals surface area contributed by atoms with E-state index in [4.69, 9.17) is 4.52 Å². The van der Waals surface area contributed by atoms with Gasteiger partial charge in [0, 0.05) is 15.4 Å². The van der Waals surface area contributed by atoms with Crippen LogP contribution in [0.4, 0.5) is 0 Å². The molecule has 1 heterocycles. The van der Waals surface area contributed by atoms with Crippen molar-refractivity contribution in [3.63, 3.8) is 0 Å². The molecule has 23 heavy (non-hydrogen) atoms. The van der Waals surface area contributed by atoms with E-state index >= 15 is 0 Å². The molecule has 1 aliphatic heterocycles. The average Bonchev–Trinajstić information content (AvgIpc) is 2.55. The number of benzene rings is 3. The Hall–Kier alpha value is -1.61. The van der Waals surface area contributed by atoms with Crippen molar-refractivity contribution >= 4 is 43.2 Å². The average molecular weight is 356 g/mol. The van der Waals surface area contributed by atoms with Crippen LogP contribution >= 0.6 is 32.6 Å². The van der Waals surface area contributed by atoms with Gasteiger partial charge in [-0.15, -0.1) is 25.3 Å². The third-order valence-electron chi connectivity index (χ3n) is 3.90. The van der Waals surface area contributed by atoms with Crippen LogP contribution in [0.3, 0.4) is 0 Å². The molecule has 0 fully saturated rings. The minimum absolute atomic E-state index is 0.598. The largest absolute Gasteiger partial charge is 0.436 e. The second-order valence-electron chi connectivity index (χ2n) is 5.33. The number of para-hydroxylation sites is 1. The van der Waals surface area contributed by atoms with Gasteiger partial charge in [-0.2, -0.15) is 0 Å². The molecule has 3 aromatic rings. The van der Waals surface area contributed by atoms with E-state index in [0.29, 0.717) is 21.3 Å². The lowest BCUT2D eigenvalue weighted by atomic mass is 10.0. The van der Waals surface area contributed by atoms with Gasteiger partial charge in [0.05, 0.1) is 10.6 Å². The predicted molar refractivity (Wildman–Crippen MR) is 100 cm³/mol. The maximum absolute atomic E-state index is 13.9. The van der Waals surface area contributed by atoms with E-state index in [2.05, 4.69) is 25.3 Å². The quantitative estimate of drug-likeness (QED) is 0.494. The highest BCUT2D eigenvalue weighted by molar-refractivity contribution is 7.83. The minimum Gasteiger partial charge on any atom is -0.436 e. The molecule has 1 unspecified atom stereocenters. The molecule has 0 saturated carbocycles. The molecule has 0 N–H and O–H groups in total. The molecule has 5 heteroatoms. The van der Waals surface area contributed by atoms with Gasteiger partial charge in [-0.3, -0.25) is 4.57 Å². The first-order valence-electron chi connectivity index (χ1n) is 7.11. The minimum atomic E-state index is -3.26. The lowest BCUT2D eigenvalue weighted by Gasteiger charge is -2.29. The molecule has 4 rings (SSSR count). The van der Waals surface area contributed by atoms with Gasteiger partial charge in [-0.25, -0.2) is 0 Å². The van der Waals surface area contributed by atoms with Crippen LogP contribution < -0.4 is 15.1 Å². The molecule has 0 spiro atoms. The van der Waals surface area contributed by atoms with E-state index in [1.54, 1.807) is 12.1 Å². The Labute approximate surface area is 145 Å². The summed E-state index contributed by atoms with van der Waals surface area (Å²) in [5.41, 5.74) is 1.90. The highest BCUT2D eigenvalue weighted by Crippen LogP contribution is 2.54. The van der Waals surface area contributed by atoms with Crippen LogP contribution in [-0.2, 0) is 4.57 Å². The summed E-state index contributed by atoms with van der Waals surface area (Å²) in [6.45, 7) is 0.